The zero-order chi connectivity index (χ0) is 18.6. The molecule has 0 atom stereocenters. The summed E-state index contributed by atoms with van der Waals surface area (Å²) in [6.45, 7) is 0.309. The van der Waals surface area contributed by atoms with Crippen molar-refractivity contribution in [3.8, 4) is 0 Å². The van der Waals surface area contributed by atoms with E-state index in [0.717, 1.165) is 24.8 Å². The number of Topliss-reactive ketones (excluding diaryl/α,β-unsaturated/α-hetero) is 1. The van der Waals surface area contributed by atoms with Crippen molar-refractivity contribution in [2.24, 2.45) is 0 Å². The number of esters is 1. The minimum absolute atomic E-state index is 0.185. The Morgan fingerprint density at radius 1 is 1.00 bits per heavy atom. The Morgan fingerprint density at radius 2 is 1.81 bits per heavy atom. The predicted octanol–water partition coefficient (Wildman–Crippen LogP) is 3.46. The molecule has 0 fully saturated rings. The number of hydrogen-bond donors (Lipinski definition) is 0. The standard InChI is InChI=1S/C22H20N2O3/c25-21(19-10-9-17-7-4-8-18(17)11-19)15-27-22(26)20-12-23-24(14-20)13-16-5-2-1-3-6-16/h1-3,5-6,9-12,14H,4,7-8,13,15H2. The van der Waals surface area contributed by atoms with E-state index in [0.29, 0.717) is 17.7 Å². The first-order valence-electron chi connectivity index (χ1n) is 9.07. The Kier molecular flexibility index (Phi) is 4.83. The summed E-state index contributed by atoms with van der Waals surface area (Å²) in [5.74, 6) is -0.724. The van der Waals surface area contributed by atoms with Crippen LogP contribution in [0.25, 0.3) is 0 Å². The van der Waals surface area contributed by atoms with Crippen LogP contribution in [0.2, 0.25) is 0 Å². The van der Waals surface area contributed by atoms with Crippen LogP contribution in [0.4, 0.5) is 0 Å². The van der Waals surface area contributed by atoms with Crippen molar-refractivity contribution in [3.05, 3.63) is 88.7 Å². The molecule has 5 nitrogen and oxygen atoms in total. The number of ketones is 1. The molecule has 0 saturated carbocycles. The molecular formula is C22H20N2O3. The van der Waals surface area contributed by atoms with Crippen molar-refractivity contribution < 1.29 is 14.3 Å². The van der Waals surface area contributed by atoms with Crippen LogP contribution >= 0.6 is 0 Å². The molecule has 0 radical (unpaired) electrons. The Morgan fingerprint density at radius 3 is 2.67 bits per heavy atom. The maximum atomic E-state index is 12.3. The fraction of sp³-hybridized carbons (Fsp3) is 0.227. The molecule has 0 N–H and O–H groups in total. The van der Waals surface area contributed by atoms with Gasteiger partial charge in [-0.25, -0.2) is 4.79 Å². The Hall–Kier alpha value is -3.21. The highest BCUT2D eigenvalue weighted by Gasteiger charge is 2.16. The van der Waals surface area contributed by atoms with E-state index in [1.807, 2.05) is 48.5 Å². The van der Waals surface area contributed by atoms with Crippen LogP contribution in [0, 0.1) is 0 Å². The van der Waals surface area contributed by atoms with Gasteiger partial charge < -0.3 is 4.74 Å². The summed E-state index contributed by atoms with van der Waals surface area (Å²) < 4.78 is 6.86. The largest absolute Gasteiger partial charge is 0.454 e. The van der Waals surface area contributed by atoms with Gasteiger partial charge in [0.2, 0.25) is 0 Å². The van der Waals surface area contributed by atoms with E-state index in [-0.39, 0.29) is 12.4 Å². The van der Waals surface area contributed by atoms with E-state index in [1.165, 1.54) is 17.3 Å². The summed E-state index contributed by atoms with van der Waals surface area (Å²) in [4.78, 5) is 24.5. The number of carbonyl (C=O) groups excluding carboxylic acids is 2. The molecule has 4 rings (SSSR count). The van der Waals surface area contributed by atoms with Crippen LogP contribution in [0.5, 0.6) is 0 Å². The molecule has 2 aromatic carbocycles. The topological polar surface area (TPSA) is 61.2 Å². The van der Waals surface area contributed by atoms with Crippen LogP contribution in [0.15, 0.2) is 60.9 Å². The molecule has 0 bridgehead atoms. The van der Waals surface area contributed by atoms with E-state index in [2.05, 4.69) is 5.10 Å². The highest BCUT2D eigenvalue weighted by molar-refractivity contribution is 5.99. The SMILES string of the molecule is O=C(COC(=O)c1cnn(Cc2ccccc2)c1)c1ccc2c(c1)CCC2. The normalized spacial score (nSPS) is 12.6. The maximum Gasteiger partial charge on any atom is 0.341 e. The quantitative estimate of drug-likeness (QED) is 0.499. The molecule has 0 spiro atoms. The van der Waals surface area contributed by atoms with Crippen molar-refractivity contribution in [1.82, 2.24) is 9.78 Å². The maximum absolute atomic E-state index is 12.3. The number of benzene rings is 2. The van der Waals surface area contributed by atoms with Gasteiger partial charge in [-0.2, -0.15) is 5.10 Å². The third kappa shape index (κ3) is 3.97. The third-order valence-electron chi connectivity index (χ3n) is 4.81. The van der Waals surface area contributed by atoms with Crippen molar-refractivity contribution in [3.63, 3.8) is 0 Å². The minimum atomic E-state index is -0.538. The average molecular weight is 360 g/mol. The fourth-order valence-corrected chi connectivity index (χ4v) is 3.37. The first kappa shape index (κ1) is 17.2. The summed E-state index contributed by atoms with van der Waals surface area (Å²) in [6, 6.07) is 15.6. The lowest BCUT2D eigenvalue weighted by Crippen LogP contribution is -2.14. The second kappa shape index (κ2) is 7.58. The Balaban J connectivity index is 1.35. The zero-order valence-corrected chi connectivity index (χ0v) is 14.9. The van der Waals surface area contributed by atoms with Crippen LogP contribution in [-0.2, 0) is 24.1 Å². The number of carbonyl (C=O) groups is 2. The Labute approximate surface area is 157 Å². The van der Waals surface area contributed by atoms with Crippen molar-refractivity contribution in [1.29, 1.82) is 0 Å². The number of ether oxygens (including phenoxy) is 1. The van der Waals surface area contributed by atoms with E-state index < -0.39 is 5.97 Å². The van der Waals surface area contributed by atoms with Crippen LogP contribution in [0.3, 0.4) is 0 Å². The van der Waals surface area contributed by atoms with Crippen molar-refractivity contribution in [2.75, 3.05) is 6.61 Å². The van der Waals surface area contributed by atoms with Crippen molar-refractivity contribution in [2.45, 2.75) is 25.8 Å². The third-order valence-corrected chi connectivity index (χ3v) is 4.81. The van der Waals surface area contributed by atoms with E-state index in [1.54, 1.807) is 10.9 Å². The molecule has 1 aliphatic carbocycles. The van der Waals surface area contributed by atoms with E-state index in [4.69, 9.17) is 4.74 Å². The predicted molar refractivity (Wildman–Crippen MR) is 101 cm³/mol. The average Bonchev–Trinajstić information content (AvgIpc) is 3.35. The number of nitrogens with zero attached hydrogens (tertiary/aromatic N) is 2. The molecule has 27 heavy (non-hydrogen) atoms. The number of aromatic nitrogens is 2. The van der Waals surface area contributed by atoms with Crippen LogP contribution < -0.4 is 0 Å². The van der Waals surface area contributed by atoms with Crippen molar-refractivity contribution >= 4 is 11.8 Å². The molecule has 5 heteroatoms. The van der Waals surface area contributed by atoms with Gasteiger partial charge in [0.25, 0.3) is 0 Å². The molecule has 0 saturated heterocycles. The number of aryl methyl sites for hydroxylation is 2. The zero-order valence-electron chi connectivity index (χ0n) is 14.9. The van der Waals surface area contributed by atoms with Gasteiger partial charge in [-0.15, -0.1) is 0 Å². The molecule has 1 heterocycles. The van der Waals surface area contributed by atoms with Gasteiger partial charge in [0.05, 0.1) is 18.3 Å². The van der Waals surface area contributed by atoms with E-state index in [9.17, 15) is 9.59 Å². The fourth-order valence-electron chi connectivity index (χ4n) is 3.37. The molecule has 1 aliphatic rings. The van der Waals surface area contributed by atoms with Gasteiger partial charge in [-0.05, 0) is 42.0 Å². The smallest absolute Gasteiger partial charge is 0.341 e. The van der Waals surface area contributed by atoms with Gasteiger partial charge in [0.1, 0.15) is 0 Å². The molecule has 0 aliphatic heterocycles. The highest BCUT2D eigenvalue weighted by Crippen LogP contribution is 2.23. The summed E-state index contributed by atoms with van der Waals surface area (Å²) in [7, 11) is 0. The lowest BCUT2D eigenvalue weighted by Gasteiger charge is -2.05. The second-order valence-electron chi connectivity index (χ2n) is 6.75. The Bertz CT molecular complexity index is 976. The monoisotopic (exact) mass is 360 g/mol. The molecule has 136 valence electrons. The first-order valence-corrected chi connectivity index (χ1v) is 9.07. The van der Waals surface area contributed by atoms with Gasteiger partial charge in [0.15, 0.2) is 12.4 Å². The molecular weight excluding hydrogens is 340 g/mol. The van der Waals surface area contributed by atoms with Gasteiger partial charge in [-0.3, -0.25) is 9.48 Å². The van der Waals surface area contributed by atoms with Gasteiger partial charge >= 0.3 is 5.97 Å². The van der Waals surface area contributed by atoms with Crippen LogP contribution in [0.1, 0.15) is 43.8 Å². The summed E-state index contributed by atoms with van der Waals surface area (Å²) in [5, 5.41) is 4.19. The number of fused-ring (bicyclic) bond motifs is 1. The first-order chi connectivity index (χ1) is 13.2. The summed E-state index contributed by atoms with van der Waals surface area (Å²) in [5.41, 5.74) is 4.58. The van der Waals surface area contributed by atoms with Crippen LogP contribution in [-0.4, -0.2) is 28.1 Å². The molecule has 0 unspecified atom stereocenters. The molecule has 3 aromatic rings. The second-order valence-corrected chi connectivity index (χ2v) is 6.75. The van der Waals surface area contributed by atoms with E-state index >= 15 is 0 Å². The summed E-state index contributed by atoms with van der Waals surface area (Å²) in [6.07, 6.45) is 6.32. The molecule has 0 amide bonds. The number of rotatable bonds is 6. The highest BCUT2D eigenvalue weighted by atomic mass is 16.5. The minimum Gasteiger partial charge on any atom is -0.454 e. The molecule has 1 aromatic heterocycles. The van der Waals surface area contributed by atoms with Gasteiger partial charge in [-0.1, -0.05) is 42.5 Å². The lowest BCUT2D eigenvalue weighted by molar-refractivity contribution is 0.0474. The summed E-state index contributed by atoms with van der Waals surface area (Å²) >= 11 is 0. The lowest BCUT2D eigenvalue weighted by atomic mass is 10.0. The van der Waals surface area contributed by atoms with Gasteiger partial charge in [0, 0.05) is 11.8 Å². The number of hydrogen-bond acceptors (Lipinski definition) is 4.